The Morgan fingerprint density at radius 1 is 1.39 bits per heavy atom. The summed E-state index contributed by atoms with van der Waals surface area (Å²) >= 11 is 0. The van der Waals surface area contributed by atoms with E-state index in [1.807, 2.05) is 4.72 Å². The van der Waals surface area contributed by atoms with Gasteiger partial charge in [0.15, 0.2) is 4.90 Å². The second-order valence-electron chi connectivity index (χ2n) is 3.85. The molecular weight excluding hydrogens is 266 g/mol. The molecule has 8 heteroatoms. The number of hydrogen-bond donors (Lipinski definition) is 3. The average molecular weight is 280 g/mol. The fraction of sp³-hybridized carbons (Fsp3) is 0.400. The van der Waals surface area contributed by atoms with Gasteiger partial charge in [0.1, 0.15) is 11.6 Å². The number of nitrogen functional groups attached to an aromatic ring is 1. The number of nitrogens with two attached hydrogens (primary N) is 1. The average Bonchev–Trinajstić information content (AvgIpc) is 2.13. The smallest absolute Gasteiger partial charge is 0.246 e. The highest BCUT2D eigenvalue weighted by atomic mass is 32.2. The Labute approximate surface area is 104 Å². The van der Waals surface area contributed by atoms with Crippen LogP contribution in [0.5, 0.6) is 0 Å². The van der Waals surface area contributed by atoms with E-state index < -0.39 is 32.7 Å². The van der Waals surface area contributed by atoms with Crippen molar-refractivity contribution in [2.75, 3.05) is 12.3 Å². The topological polar surface area (TPSA) is 92.4 Å². The van der Waals surface area contributed by atoms with Gasteiger partial charge in [-0.2, -0.15) is 0 Å². The molecule has 0 heterocycles. The highest BCUT2D eigenvalue weighted by molar-refractivity contribution is 7.89. The highest BCUT2D eigenvalue weighted by Crippen LogP contribution is 2.21. The molecule has 0 spiro atoms. The number of anilines is 1. The van der Waals surface area contributed by atoms with Crippen molar-refractivity contribution in [3.05, 3.63) is 23.8 Å². The summed E-state index contributed by atoms with van der Waals surface area (Å²) in [7, 11) is -4.30. The lowest BCUT2D eigenvalue weighted by Crippen LogP contribution is -2.28. The maximum Gasteiger partial charge on any atom is 0.246 e. The van der Waals surface area contributed by atoms with E-state index in [9.17, 15) is 17.2 Å². The van der Waals surface area contributed by atoms with Crippen LogP contribution >= 0.6 is 0 Å². The van der Waals surface area contributed by atoms with E-state index in [2.05, 4.69) is 0 Å². The first-order chi connectivity index (χ1) is 8.24. The third-order valence-electron chi connectivity index (χ3n) is 2.14. The summed E-state index contributed by atoms with van der Waals surface area (Å²) in [5.41, 5.74) is 4.98. The number of nitrogens with one attached hydrogen (secondary N) is 1. The molecule has 0 aliphatic carbocycles. The first-order valence-electron chi connectivity index (χ1n) is 5.16. The fourth-order valence-corrected chi connectivity index (χ4v) is 2.47. The number of benzene rings is 1. The number of aliphatic hydroxyl groups excluding tert-OH is 1. The van der Waals surface area contributed by atoms with E-state index in [0.717, 1.165) is 12.1 Å². The van der Waals surface area contributed by atoms with Gasteiger partial charge in [-0.25, -0.2) is 21.9 Å². The predicted octanol–water partition coefficient (Wildman–Crippen LogP) is 0.596. The van der Waals surface area contributed by atoms with E-state index in [1.165, 1.54) is 6.92 Å². The van der Waals surface area contributed by atoms with E-state index >= 15 is 0 Å². The van der Waals surface area contributed by atoms with Crippen molar-refractivity contribution < 1.29 is 22.3 Å². The maximum absolute atomic E-state index is 13.4. The van der Waals surface area contributed by atoms with E-state index in [-0.39, 0.29) is 18.7 Å². The van der Waals surface area contributed by atoms with Crippen molar-refractivity contribution in [2.24, 2.45) is 0 Å². The van der Waals surface area contributed by atoms with Crippen molar-refractivity contribution in [2.45, 2.75) is 24.3 Å². The van der Waals surface area contributed by atoms with Gasteiger partial charge in [0.2, 0.25) is 10.0 Å². The van der Waals surface area contributed by atoms with Crippen LogP contribution in [0.15, 0.2) is 17.0 Å². The third kappa shape index (κ3) is 3.62. The van der Waals surface area contributed by atoms with E-state index in [0.29, 0.717) is 0 Å². The molecule has 18 heavy (non-hydrogen) atoms. The van der Waals surface area contributed by atoms with Crippen LogP contribution < -0.4 is 10.5 Å². The molecule has 0 radical (unpaired) electrons. The van der Waals surface area contributed by atoms with Gasteiger partial charge in [0.25, 0.3) is 0 Å². The molecule has 0 fully saturated rings. The zero-order valence-electron chi connectivity index (χ0n) is 9.65. The van der Waals surface area contributed by atoms with Gasteiger partial charge in [-0.05, 0) is 25.5 Å². The molecule has 4 N–H and O–H groups in total. The molecule has 0 aliphatic rings. The molecule has 0 bridgehead atoms. The van der Waals surface area contributed by atoms with Crippen LogP contribution in [0.1, 0.15) is 13.3 Å². The van der Waals surface area contributed by atoms with Gasteiger partial charge >= 0.3 is 0 Å². The van der Waals surface area contributed by atoms with Crippen LogP contribution in [0.2, 0.25) is 0 Å². The lowest BCUT2D eigenvalue weighted by atomic mass is 10.3. The van der Waals surface area contributed by atoms with Crippen LogP contribution in [-0.4, -0.2) is 26.2 Å². The van der Waals surface area contributed by atoms with E-state index in [4.69, 9.17) is 10.8 Å². The lowest BCUT2D eigenvalue weighted by molar-refractivity contribution is 0.186. The molecule has 5 nitrogen and oxygen atoms in total. The van der Waals surface area contributed by atoms with Crippen molar-refractivity contribution in [1.29, 1.82) is 0 Å². The molecule has 1 rings (SSSR count). The van der Waals surface area contributed by atoms with Crippen molar-refractivity contribution in [3.63, 3.8) is 0 Å². The zero-order chi connectivity index (χ0) is 13.9. The molecule has 1 unspecified atom stereocenters. The minimum Gasteiger partial charge on any atom is -0.399 e. The van der Waals surface area contributed by atoms with Gasteiger partial charge < -0.3 is 10.8 Å². The largest absolute Gasteiger partial charge is 0.399 e. The lowest BCUT2D eigenvalue weighted by Gasteiger charge is -2.10. The Balaban J connectivity index is 2.99. The molecule has 0 saturated heterocycles. The second kappa shape index (κ2) is 5.59. The normalized spacial score (nSPS) is 13.6. The quantitative estimate of drug-likeness (QED) is 0.688. The van der Waals surface area contributed by atoms with Gasteiger partial charge in [-0.1, -0.05) is 0 Å². The molecule has 1 atom stereocenters. The fourth-order valence-electron chi connectivity index (χ4n) is 1.31. The Morgan fingerprint density at radius 3 is 2.33 bits per heavy atom. The number of hydrogen-bond acceptors (Lipinski definition) is 4. The SMILES string of the molecule is CC(O)CCNS(=O)(=O)c1c(F)cc(N)cc1F. The van der Waals surface area contributed by atoms with Crippen molar-refractivity contribution in [3.8, 4) is 0 Å². The summed E-state index contributed by atoms with van der Waals surface area (Å²) in [6, 6.07) is 1.46. The Bertz CT molecular complexity index is 509. The highest BCUT2D eigenvalue weighted by Gasteiger charge is 2.24. The number of sulfonamides is 1. The minimum atomic E-state index is -4.30. The molecule has 1 aromatic rings. The monoisotopic (exact) mass is 280 g/mol. The molecule has 0 amide bonds. The van der Waals surface area contributed by atoms with Crippen LogP contribution in [0, 0.1) is 11.6 Å². The van der Waals surface area contributed by atoms with Crippen LogP contribution in [0.3, 0.4) is 0 Å². The summed E-state index contributed by atoms with van der Waals surface area (Å²) in [5.74, 6) is -2.51. The maximum atomic E-state index is 13.4. The minimum absolute atomic E-state index is 0.122. The Morgan fingerprint density at radius 2 is 1.89 bits per heavy atom. The number of aliphatic hydroxyl groups is 1. The summed E-state index contributed by atoms with van der Waals surface area (Å²) in [6.07, 6.45) is -0.578. The molecule has 0 saturated carbocycles. The summed E-state index contributed by atoms with van der Waals surface area (Å²) < 4.78 is 52.1. The predicted molar refractivity (Wildman–Crippen MR) is 62.3 cm³/mol. The summed E-state index contributed by atoms with van der Waals surface area (Å²) in [4.78, 5) is -1.07. The summed E-state index contributed by atoms with van der Waals surface area (Å²) in [5, 5.41) is 8.97. The summed E-state index contributed by atoms with van der Waals surface area (Å²) in [6.45, 7) is 1.35. The first-order valence-corrected chi connectivity index (χ1v) is 6.64. The Hall–Kier alpha value is -1.25. The first kappa shape index (κ1) is 14.8. The van der Waals surface area contributed by atoms with Crippen molar-refractivity contribution >= 4 is 15.7 Å². The molecule has 0 aromatic heterocycles. The molecule has 1 aromatic carbocycles. The van der Waals surface area contributed by atoms with Crippen LogP contribution in [0.25, 0.3) is 0 Å². The number of rotatable bonds is 5. The van der Waals surface area contributed by atoms with Crippen LogP contribution in [0.4, 0.5) is 14.5 Å². The molecule has 0 aliphatic heterocycles. The molecule has 102 valence electrons. The van der Waals surface area contributed by atoms with Gasteiger partial charge in [-0.15, -0.1) is 0 Å². The van der Waals surface area contributed by atoms with Crippen molar-refractivity contribution in [1.82, 2.24) is 4.72 Å². The van der Waals surface area contributed by atoms with Crippen LogP contribution in [-0.2, 0) is 10.0 Å². The third-order valence-corrected chi connectivity index (χ3v) is 3.66. The van der Waals surface area contributed by atoms with E-state index in [1.54, 1.807) is 0 Å². The Kier molecular flexibility index (Phi) is 4.60. The standard InChI is InChI=1S/C10H14F2N2O3S/c1-6(15)2-3-14-18(16,17)10-8(11)4-7(13)5-9(10)12/h4-6,14-15H,2-3,13H2,1H3. The zero-order valence-corrected chi connectivity index (χ0v) is 10.5. The molecular formula is C10H14F2N2O3S. The number of halogens is 2. The second-order valence-corrected chi connectivity index (χ2v) is 5.55. The van der Waals surface area contributed by atoms with Gasteiger partial charge in [-0.3, -0.25) is 0 Å². The van der Waals surface area contributed by atoms with Gasteiger partial charge in [0.05, 0.1) is 6.10 Å². The van der Waals surface area contributed by atoms with Gasteiger partial charge in [0, 0.05) is 12.2 Å².